The number of nitrogens with zero attached hydrogens (tertiary/aromatic N) is 4. The van der Waals surface area contributed by atoms with Gasteiger partial charge in [-0.05, 0) is 37.3 Å². The second kappa shape index (κ2) is 8.80. The van der Waals surface area contributed by atoms with Gasteiger partial charge in [0.1, 0.15) is 6.54 Å². The van der Waals surface area contributed by atoms with Crippen molar-refractivity contribution < 1.29 is 9.53 Å². The van der Waals surface area contributed by atoms with E-state index in [9.17, 15) is 14.4 Å². The molecule has 9 nitrogen and oxygen atoms in total. The highest BCUT2D eigenvalue weighted by molar-refractivity contribution is 7.22. The zero-order valence-corrected chi connectivity index (χ0v) is 18.9. The monoisotopic (exact) mass is 465 g/mol. The molecule has 1 aliphatic rings. The van der Waals surface area contributed by atoms with Crippen LogP contribution in [0.15, 0.2) is 52.1 Å². The Bertz CT molecular complexity index is 1470. The van der Waals surface area contributed by atoms with Gasteiger partial charge >= 0.3 is 5.69 Å². The number of morpholine rings is 1. The fourth-order valence-corrected chi connectivity index (χ4v) is 5.08. The van der Waals surface area contributed by atoms with Crippen LogP contribution in [-0.4, -0.2) is 46.3 Å². The summed E-state index contributed by atoms with van der Waals surface area (Å²) >= 11 is 1.57. The molecule has 1 fully saturated rings. The molecule has 5 rings (SSSR count). The fourth-order valence-electron chi connectivity index (χ4n) is 4.03. The van der Waals surface area contributed by atoms with Crippen LogP contribution in [0.4, 0.5) is 10.8 Å². The standard InChI is InChI=1S/C23H23N5O4S/c1-2-27-21(30)16-5-3-4-6-18(16)28(23(27)31)14-20(29)24-15-7-8-17-19(13-15)33-22(25-17)26-9-11-32-12-10-26/h3-8,13H,2,9-12,14H2,1H3,(H,24,29). The number of para-hydroxylation sites is 1. The largest absolute Gasteiger partial charge is 0.378 e. The van der Waals surface area contributed by atoms with Crippen molar-refractivity contribution in [2.75, 3.05) is 36.5 Å². The Labute approximate surface area is 192 Å². The van der Waals surface area contributed by atoms with Crippen LogP contribution in [0.1, 0.15) is 6.92 Å². The highest BCUT2D eigenvalue weighted by atomic mass is 32.1. The van der Waals surface area contributed by atoms with Crippen molar-refractivity contribution in [1.29, 1.82) is 0 Å². The minimum Gasteiger partial charge on any atom is -0.378 e. The smallest absolute Gasteiger partial charge is 0.331 e. The normalized spacial score (nSPS) is 14.2. The first-order valence-electron chi connectivity index (χ1n) is 10.8. The third-order valence-electron chi connectivity index (χ3n) is 5.69. The number of carbonyl (C=O) groups is 1. The lowest BCUT2D eigenvalue weighted by Crippen LogP contribution is -2.41. The number of benzene rings is 2. The van der Waals surface area contributed by atoms with E-state index < -0.39 is 5.69 Å². The minimum absolute atomic E-state index is 0.195. The number of anilines is 2. The van der Waals surface area contributed by atoms with Crippen molar-refractivity contribution in [3.63, 3.8) is 0 Å². The molecular weight excluding hydrogens is 442 g/mol. The van der Waals surface area contributed by atoms with Gasteiger partial charge in [-0.3, -0.25) is 18.7 Å². The molecule has 1 aliphatic heterocycles. The number of ether oxygens (including phenoxy) is 1. The minimum atomic E-state index is -0.496. The van der Waals surface area contributed by atoms with Crippen LogP contribution in [0.5, 0.6) is 0 Å². The van der Waals surface area contributed by atoms with Gasteiger partial charge in [0, 0.05) is 25.3 Å². The van der Waals surface area contributed by atoms with Gasteiger partial charge in [-0.15, -0.1) is 0 Å². The molecule has 170 valence electrons. The quantitative estimate of drug-likeness (QED) is 0.486. The van der Waals surface area contributed by atoms with E-state index in [2.05, 4.69) is 10.2 Å². The molecule has 2 aromatic carbocycles. The molecule has 33 heavy (non-hydrogen) atoms. The van der Waals surface area contributed by atoms with Gasteiger partial charge in [0.2, 0.25) is 5.91 Å². The first kappa shape index (κ1) is 21.4. The van der Waals surface area contributed by atoms with Crippen molar-refractivity contribution in [2.24, 2.45) is 0 Å². The van der Waals surface area contributed by atoms with Crippen LogP contribution in [0.2, 0.25) is 0 Å². The summed E-state index contributed by atoms with van der Waals surface area (Å²) in [5.74, 6) is -0.346. The van der Waals surface area contributed by atoms with Crippen LogP contribution in [0.25, 0.3) is 21.1 Å². The maximum absolute atomic E-state index is 12.9. The molecule has 3 heterocycles. The zero-order chi connectivity index (χ0) is 22.9. The van der Waals surface area contributed by atoms with Gasteiger partial charge in [-0.2, -0.15) is 0 Å². The van der Waals surface area contributed by atoms with E-state index in [1.54, 1.807) is 48.6 Å². The number of hydrogen-bond donors (Lipinski definition) is 1. The highest BCUT2D eigenvalue weighted by Gasteiger charge is 2.17. The van der Waals surface area contributed by atoms with Gasteiger partial charge < -0.3 is 15.0 Å². The van der Waals surface area contributed by atoms with Crippen LogP contribution < -0.4 is 21.5 Å². The molecule has 0 unspecified atom stereocenters. The predicted octanol–water partition coefficient (Wildman–Crippen LogP) is 2.27. The predicted molar refractivity (Wildman–Crippen MR) is 129 cm³/mol. The molecule has 10 heteroatoms. The van der Waals surface area contributed by atoms with E-state index in [-0.39, 0.29) is 24.6 Å². The third kappa shape index (κ3) is 4.03. The number of aromatic nitrogens is 3. The molecule has 0 bridgehead atoms. The number of thiazole rings is 1. The zero-order valence-electron chi connectivity index (χ0n) is 18.1. The van der Waals surface area contributed by atoms with E-state index in [0.717, 1.165) is 33.0 Å². The summed E-state index contributed by atoms with van der Waals surface area (Å²) in [6.07, 6.45) is 0. The Morgan fingerprint density at radius 3 is 2.70 bits per heavy atom. The molecule has 0 atom stereocenters. The molecule has 0 saturated carbocycles. The Balaban J connectivity index is 1.41. The number of amides is 1. The molecule has 1 amide bonds. The van der Waals surface area contributed by atoms with Crippen molar-refractivity contribution >= 4 is 49.2 Å². The first-order valence-corrected chi connectivity index (χ1v) is 11.6. The van der Waals surface area contributed by atoms with Crippen LogP contribution in [-0.2, 0) is 22.6 Å². The maximum Gasteiger partial charge on any atom is 0.331 e. The van der Waals surface area contributed by atoms with E-state index in [4.69, 9.17) is 9.72 Å². The molecular formula is C23H23N5O4S. The summed E-state index contributed by atoms with van der Waals surface area (Å²) in [7, 11) is 0. The second-order valence-corrected chi connectivity index (χ2v) is 8.77. The number of hydrogen-bond acceptors (Lipinski definition) is 7. The Morgan fingerprint density at radius 2 is 1.91 bits per heavy atom. The Kier molecular flexibility index (Phi) is 5.69. The molecule has 1 saturated heterocycles. The molecule has 4 aromatic rings. The molecule has 1 N–H and O–H groups in total. The number of rotatable bonds is 5. The second-order valence-electron chi connectivity index (χ2n) is 7.76. The highest BCUT2D eigenvalue weighted by Crippen LogP contribution is 2.31. The van der Waals surface area contributed by atoms with Crippen molar-refractivity contribution in [3.8, 4) is 0 Å². The number of carbonyl (C=O) groups excluding carboxylic acids is 1. The number of fused-ring (bicyclic) bond motifs is 2. The van der Waals surface area contributed by atoms with Crippen molar-refractivity contribution in [1.82, 2.24) is 14.1 Å². The Morgan fingerprint density at radius 1 is 1.12 bits per heavy atom. The van der Waals surface area contributed by atoms with Crippen molar-refractivity contribution in [3.05, 3.63) is 63.3 Å². The van der Waals surface area contributed by atoms with Crippen LogP contribution in [0.3, 0.4) is 0 Å². The summed E-state index contributed by atoms with van der Waals surface area (Å²) in [5, 5.41) is 4.23. The first-order chi connectivity index (χ1) is 16.0. The van der Waals surface area contributed by atoms with Crippen LogP contribution in [0, 0.1) is 0 Å². The topological polar surface area (TPSA) is 98.5 Å². The molecule has 0 radical (unpaired) electrons. The van der Waals surface area contributed by atoms with E-state index in [1.807, 2.05) is 12.1 Å². The lowest BCUT2D eigenvalue weighted by Gasteiger charge is -2.25. The maximum atomic E-state index is 12.9. The van der Waals surface area contributed by atoms with Crippen LogP contribution >= 0.6 is 11.3 Å². The SMILES string of the molecule is CCn1c(=O)c2ccccc2n(CC(=O)Nc2ccc3nc(N4CCOCC4)sc3c2)c1=O. The summed E-state index contributed by atoms with van der Waals surface area (Å²) < 4.78 is 8.87. The Hall–Kier alpha value is -3.50. The summed E-state index contributed by atoms with van der Waals surface area (Å²) in [6, 6.07) is 12.4. The third-order valence-corrected chi connectivity index (χ3v) is 6.77. The fraction of sp³-hybridized carbons (Fsp3) is 0.304. The summed E-state index contributed by atoms with van der Waals surface area (Å²) in [4.78, 5) is 45.2. The average molecular weight is 466 g/mol. The van der Waals surface area contributed by atoms with Gasteiger partial charge in [-0.1, -0.05) is 23.5 Å². The van der Waals surface area contributed by atoms with Gasteiger partial charge in [0.25, 0.3) is 5.56 Å². The average Bonchev–Trinajstić information content (AvgIpc) is 3.26. The van der Waals surface area contributed by atoms with Crippen molar-refractivity contribution in [2.45, 2.75) is 20.0 Å². The number of nitrogens with one attached hydrogen (secondary N) is 1. The van der Waals surface area contributed by atoms with Gasteiger partial charge in [0.05, 0.1) is 34.3 Å². The molecule has 2 aromatic heterocycles. The lowest BCUT2D eigenvalue weighted by atomic mass is 10.2. The van der Waals surface area contributed by atoms with Gasteiger partial charge in [0.15, 0.2) is 5.13 Å². The van der Waals surface area contributed by atoms with E-state index in [0.29, 0.717) is 29.8 Å². The summed E-state index contributed by atoms with van der Waals surface area (Å²) in [5.41, 5.74) is 1.11. The van der Waals surface area contributed by atoms with Gasteiger partial charge in [-0.25, -0.2) is 9.78 Å². The lowest BCUT2D eigenvalue weighted by molar-refractivity contribution is -0.116. The molecule has 0 spiro atoms. The summed E-state index contributed by atoms with van der Waals surface area (Å²) in [6.45, 7) is 4.78. The van der Waals surface area contributed by atoms with E-state index >= 15 is 0 Å². The molecule has 0 aliphatic carbocycles. The van der Waals surface area contributed by atoms with E-state index in [1.165, 1.54) is 4.57 Å².